The molecule has 1 N–H and O–H groups in total. The van der Waals surface area contributed by atoms with Gasteiger partial charge in [0.15, 0.2) is 11.5 Å². The summed E-state index contributed by atoms with van der Waals surface area (Å²) >= 11 is 0. The number of methoxy groups -OCH3 is 2. The van der Waals surface area contributed by atoms with Crippen LogP contribution in [0.25, 0.3) is 0 Å². The van der Waals surface area contributed by atoms with Crippen molar-refractivity contribution in [2.45, 2.75) is 26.7 Å². The number of carbonyl (C=O) groups is 1. The van der Waals surface area contributed by atoms with Crippen LogP contribution < -0.4 is 14.8 Å². The van der Waals surface area contributed by atoms with Gasteiger partial charge in [0, 0.05) is 12.1 Å². The van der Waals surface area contributed by atoms with Gasteiger partial charge in [-0.15, -0.1) is 0 Å². The summed E-state index contributed by atoms with van der Waals surface area (Å²) in [6.07, 6.45) is 0.980. The monoisotopic (exact) mass is 313 g/mol. The van der Waals surface area contributed by atoms with Crippen LogP contribution in [0.15, 0.2) is 36.4 Å². The van der Waals surface area contributed by atoms with E-state index in [1.165, 1.54) is 5.56 Å². The second-order valence-electron chi connectivity index (χ2n) is 5.52. The lowest BCUT2D eigenvalue weighted by Crippen LogP contribution is -2.13. The van der Waals surface area contributed by atoms with E-state index in [0.29, 0.717) is 24.3 Å². The first kappa shape index (κ1) is 16.9. The highest BCUT2D eigenvalue weighted by atomic mass is 16.5. The summed E-state index contributed by atoms with van der Waals surface area (Å²) in [5.74, 6) is 1.36. The Morgan fingerprint density at radius 2 is 1.87 bits per heavy atom. The van der Waals surface area contributed by atoms with E-state index in [-0.39, 0.29) is 5.91 Å². The average molecular weight is 313 g/mol. The minimum absolute atomic E-state index is 0.0122. The topological polar surface area (TPSA) is 47.6 Å². The van der Waals surface area contributed by atoms with Crippen LogP contribution >= 0.6 is 0 Å². The predicted molar refractivity (Wildman–Crippen MR) is 92.4 cm³/mol. The van der Waals surface area contributed by atoms with E-state index in [1.807, 2.05) is 44.2 Å². The zero-order valence-electron chi connectivity index (χ0n) is 14.1. The standard InChI is InChI=1S/C19H23NO3/c1-13-8-10-16(14(2)12-13)20-18(21)11-9-15-6-5-7-17(22-3)19(15)23-4/h5-8,10,12H,9,11H2,1-4H3,(H,20,21). The summed E-state index contributed by atoms with van der Waals surface area (Å²) in [5, 5.41) is 2.96. The van der Waals surface area contributed by atoms with Gasteiger partial charge in [-0.1, -0.05) is 29.8 Å². The Hall–Kier alpha value is -2.49. The SMILES string of the molecule is COc1cccc(CCC(=O)Nc2ccc(C)cc2C)c1OC. The molecule has 2 rings (SSSR count). The van der Waals surface area contributed by atoms with Crippen molar-refractivity contribution in [3.8, 4) is 11.5 Å². The number of para-hydroxylation sites is 1. The molecule has 0 saturated heterocycles. The maximum Gasteiger partial charge on any atom is 0.224 e. The summed E-state index contributed by atoms with van der Waals surface area (Å²) in [7, 11) is 3.21. The fraction of sp³-hybridized carbons (Fsp3) is 0.316. The van der Waals surface area contributed by atoms with Gasteiger partial charge in [-0.25, -0.2) is 0 Å². The van der Waals surface area contributed by atoms with E-state index < -0.39 is 0 Å². The van der Waals surface area contributed by atoms with Crippen LogP contribution in [0.1, 0.15) is 23.1 Å². The molecule has 122 valence electrons. The highest BCUT2D eigenvalue weighted by Gasteiger charge is 2.11. The number of benzene rings is 2. The third kappa shape index (κ3) is 4.25. The number of hydrogen-bond donors (Lipinski definition) is 1. The normalized spacial score (nSPS) is 10.3. The van der Waals surface area contributed by atoms with Crippen LogP contribution in [0.5, 0.6) is 11.5 Å². The average Bonchev–Trinajstić information content (AvgIpc) is 2.55. The van der Waals surface area contributed by atoms with Gasteiger partial charge in [0.2, 0.25) is 5.91 Å². The second kappa shape index (κ2) is 7.68. The van der Waals surface area contributed by atoms with Crippen LogP contribution in [0.2, 0.25) is 0 Å². The van der Waals surface area contributed by atoms with E-state index in [0.717, 1.165) is 16.8 Å². The van der Waals surface area contributed by atoms with Crippen LogP contribution in [-0.4, -0.2) is 20.1 Å². The minimum Gasteiger partial charge on any atom is -0.493 e. The van der Waals surface area contributed by atoms with Crippen molar-refractivity contribution < 1.29 is 14.3 Å². The van der Waals surface area contributed by atoms with E-state index in [2.05, 4.69) is 11.4 Å². The van der Waals surface area contributed by atoms with Crippen LogP contribution in [0.3, 0.4) is 0 Å². The molecular weight excluding hydrogens is 290 g/mol. The molecule has 0 aliphatic carbocycles. The number of hydrogen-bond acceptors (Lipinski definition) is 3. The first-order chi connectivity index (χ1) is 11.0. The lowest BCUT2D eigenvalue weighted by molar-refractivity contribution is -0.116. The molecule has 0 fully saturated rings. The van der Waals surface area contributed by atoms with Crippen molar-refractivity contribution >= 4 is 11.6 Å². The molecule has 2 aromatic carbocycles. The van der Waals surface area contributed by atoms with Gasteiger partial charge in [-0.3, -0.25) is 4.79 Å². The third-order valence-corrected chi connectivity index (χ3v) is 3.76. The zero-order chi connectivity index (χ0) is 16.8. The van der Waals surface area contributed by atoms with Gasteiger partial charge in [0.1, 0.15) is 0 Å². The molecule has 0 heterocycles. The lowest BCUT2D eigenvalue weighted by Gasteiger charge is -2.13. The fourth-order valence-corrected chi connectivity index (χ4v) is 2.57. The molecule has 23 heavy (non-hydrogen) atoms. The number of anilines is 1. The summed E-state index contributed by atoms with van der Waals surface area (Å²) in [5.41, 5.74) is 4.07. The molecule has 0 saturated carbocycles. The molecule has 0 aliphatic rings. The van der Waals surface area contributed by atoms with Crippen molar-refractivity contribution in [3.63, 3.8) is 0 Å². The van der Waals surface area contributed by atoms with E-state index in [9.17, 15) is 4.79 Å². The van der Waals surface area contributed by atoms with Crippen LogP contribution in [-0.2, 0) is 11.2 Å². The van der Waals surface area contributed by atoms with Crippen molar-refractivity contribution in [1.29, 1.82) is 0 Å². The summed E-state index contributed by atoms with van der Waals surface area (Å²) in [6.45, 7) is 4.03. The first-order valence-corrected chi connectivity index (χ1v) is 7.62. The summed E-state index contributed by atoms with van der Waals surface area (Å²) < 4.78 is 10.7. The molecule has 0 unspecified atom stereocenters. The smallest absolute Gasteiger partial charge is 0.224 e. The molecule has 0 spiro atoms. The molecular formula is C19H23NO3. The van der Waals surface area contributed by atoms with Crippen LogP contribution in [0.4, 0.5) is 5.69 Å². The van der Waals surface area contributed by atoms with Crippen molar-refractivity contribution in [2.24, 2.45) is 0 Å². The van der Waals surface area contributed by atoms with Gasteiger partial charge in [-0.2, -0.15) is 0 Å². The Morgan fingerprint density at radius 3 is 2.52 bits per heavy atom. The Bertz CT molecular complexity index is 695. The number of nitrogens with one attached hydrogen (secondary N) is 1. The quantitative estimate of drug-likeness (QED) is 0.880. The molecule has 0 atom stereocenters. The molecule has 2 aromatic rings. The largest absolute Gasteiger partial charge is 0.493 e. The van der Waals surface area contributed by atoms with Gasteiger partial charge in [-0.05, 0) is 43.5 Å². The molecule has 4 heteroatoms. The molecule has 1 amide bonds. The molecule has 0 aliphatic heterocycles. The first-order valence-electron chi connectivity index (χ1n) is 7.62. The zero-order valence-corrected chi connectivity index (χ0v) is 14.1. The molecule has 4 nitrogen and oxygen atoms in total. The Balaban J connectivity index is 2.02. The maximum atomic E-state index is 12.2. The van der Waals surface area contributed by atoms with Gasteiger partial charge < -0.3 is 14.8 Å². The minimum atomic E-state index is -0.0122. The van der Waals surface area contributed by atoms with Crippen LogP contribution in [0, 0.1) is 13.8 Å². The molecule has 0 bridgehead atoms. The van der Waals surface area contributed by atoms with E-state index in [4.69, 9.17) is 9.47 Å². The number of rotatable bonds is 6. The summed E-state index contributed by atoms with van der Waals surface area (Å²) in [4.78, 5) is 12.2. The highest BCUT2D eigenvalue weighted by Crippen LogP contribution is 2.31. The fourth-order valence-electron chi connectivity index (χ4n) is 2.57. The number of carbonyl (C=O) groups excluding carboxylic acids is 1. The Morgan fingerprint density at radius 1 is 1.09 bits per heavy atom. The van der Waals surface area contributed by atoms with E-state index in [1.54, 1.807) is 14.2 Å². The number of amides is 1. The molecule has 0 radical (unpaired) electrons. The Kier molecular flexibility index (Phi) is 5.63. The third-order valence-electron chi connectivity index (χ3n) is 3.76. The van der Waals surface area contributed by atoms with Gasteiger partial charge >= 0.3 is 0 Å². The molecule has 0 aromatic heterocycles. The summed E-state index contributed by atoms with van der Waals surface area (Å²) in [6, 6.07) is 11.7. The van der Waals surface area contributed by atoms with Crippen molar-refractivity contribution in [2.75, 3.05) is 19.5 Å². The van der Waals surface area contributed by atoms with E-state index >= 15 is 0 Å². The predicted octanol–water partition coefficient (Wildman–Crippen LogP) is 3.89. The van der Waals surface area contributed by atoms with Crippen molar-refractivity contribution in [1.82, 2.24) is 0 Å². The number of ether oxygens (including phenoxy) is 2. The Labute approximate surface area is 137 Å². The number of aryl methyl sites for hydroxylation is 3. The lowest BCUT2D eigenvalue weighted by atomic mass is 10.1. The van der Waals surface area contributed by atoms with Gasteiger partial charge in [0.25, 0.3) is 0 Å². The van der Waals surface area contributed by atoms with Gasteiger partial charge in [0.05, 0.1) is 14.2 Å². The second-order valence-corrected chi connectivity index (χ2v) is 5.52. The van der Waals surface area contributed by atoms with Crippen molar-refractivity contribution in [3.05, 3.63) is 53.1 Å². The maximum absolute atomic E-state index is 12.2. The highest BCUT2D eigenvalue weighted by molar-refractivity contribution is 5.91.